The summed E-state index contributed by atoms with van der Waals surface area (Å²) in [7, 11) is 0. The van der Waals surface area contributed by atoms with Crippen molar-refractivity contribution in [3.05, 3.63) is 95.3 Å². The van der Waals surface area contributed by atoms with Crippen LogP contribution in [0.15, 0.2) is 73.1 Å². The standard InChI is InChI=1S/C29H33N3O5/c1-20-26(18-32-13-15-35-16-14-32)36-29(37-27(20)22-6-4-21(19-33)5-7-22)23-8-10-25(11-9-23)31-28(34)24-3-2-12-30-17-24/h2-12,17,20,26-27,29,33H,13-16,18-19H2,1H3,(H,31,34). The van der Waals surface area contributed by atoms with Gasteiger partial charge in [0, 0.05) is 49.2 Å². The average Bonchev–Trinajstić information content (AvgIpc) is 2.96. The van der Waals surface area contributed by atoms with Crippen LogP contribution in [0.4, 0.5) is 5.69 Å². The first-order valence-corrected chi connectivity index (χ1v) is 12.7. The van der Waals surface area contributed by atoms with Gasteiger partial charge in [-0.3, -0.25) is 14.7 Å². The second-order valence-corrected chi connectivity index (χ2v) is 9.55. The first-order valence-electron chi connectivity index (χ1n) is 12.7. The molecule has 2 aliphatic heterocycles. The number of aliphatic hydroxyl groups excluding tert-OH is 1. The van der Waals surface area contributed by atoms with Crippen molar-refractivity contribution in [3.8, 4) is 0 Å². The summed E-state index contributed by atoms with van der Waals surface area (Å²) in [4.78, 5) is 18.9. The number of hydrogen-bond donors (Lipinski definition) is 2. The van der Waals surface area contributed by atoms with Gasteiger partial charge in [0.15, 0.2) is 6.29 Å². The van der Waals surface area contributed by atoms with Crippen LogP contribution in [0.3, 0.4) is 0 Å². The van der Waals surface area contributed by atoms with Crippen LogP contribution < -0.4 is 5.32 Å². The molecule has 2 saturated heterocycles. The number of benzene rings is 2. The van der Waals surface area contributed by atoms with Gasteiger partial charge in [-0.15, -0.1) is 0 Å². The van der Waals surface area contributed by atoms with E-state index in [1.165, 1.54) is 6.20 Å². The molecule has 0 spiro atoms. The van der Waals surface area contributed by atoms with E-state index in [9.17, 15) is 9.90 Å². The zero-order valence-corrected chi connectivity index (χ0v) is 21.0. The predicted octanol–water partition coefficient (Wildman–Crippen LogP) is 3.95. The van der Waals surface area contributed by atoms with Gasteiger partial charge in [0.1, 0.15) is 0 Å². The lowest BCUT2D eigenvalue weighted by molar-refractivity contribution is -0.277. The van der Waals surface area contributed by atoms with Crippen LogP contribution in [0.2, 0.25) is 0 Å². The number of hydrogen-bond acceptors (Lipinski definition) is 7. The molecule has 2 aromatic carbocycles. The molecule has 0 aliphatic carbocycles. The molecular weight excluding hydrogens is 470 g/mol. The molecule has 2 N–H and O–H groups in total. The summed E-state index contributed by atoms with van der Waals surface area (Å²) >= 11 is 0. The number of aliphatic hydroxyl groups is 1. The lowest BCUT2D eigenvalue weighted by atomic mass is 9.90. The Labute approximate surface area is 217 Å². The van der Waals surface area contributed by atoms with Crippen molar-refractivity contribution in [2.45, 2.75) is 32.0 Å². The summed E-state index contributed by atoms with van der Waals surface area (Å²) in [6.07, 6.45) is 2.42. The zero-order valence-electron chi connectivity index (χ0n) is 21.0. The van der Waals surface area contributed by atoms with Crippen LogP contribution >= 0.6 is 0 Å². The van der Waals surface area contributed by atoms with Gasteiger partial charge in [-0.05, 0) is 35.4 Å². The molecule has 3 aromatic rings. The third-order valence-corrected chi connectivity index (χ3v) is 7.03. The van der Waals surface area contributed by atoms with E-state index in [-0.39, 0.29) is 30.6 Å². The highest BCUT2D eigenvalue weighted by molar-refractivity contribution is 6.03. The first-order chi connectivity index (χ1) is 18.1. The van der Waals surface area contributed by atoms with E-state index >= 15 is 0 Å². The van der Waals surface area contributed by atoms with E-state index in [0.29, 0.717) is 11.3 Å². The Balaban J connectivity index is 1.34. The van der Waals surface area contributed by atoms with Gasteiger partial charge in [-0.2, -0.15) is 0 Å². The summed E-state index contributed by atoms with van der Waals surface area (Å²) in [6, 6.07) is 19.0. The van der Waals surface area contributed by atoms with Gasteiger partial charge < -0.3 is 24.6 Å². The van der Waals surface area contributed by atoms with Crippen molar-refractivity contribution < 1.29 is 24.1 Å². The maximum atomic E-state index is 12.5. The van der Waals surface area contributed by atoms with Crippen LogP contribution in [0, 0.1) is 5.92 Å². The predicted molar refractivity (Wildman–Crippen MR) is 139 cm³/mol. The zero-order chi connectivity index (χ0) is 25.6. The minimum atomic E-state index is -0.548. The number of nitrogens with one attached hydrogen (secondary N) is 1. The van der Waals surface area contributed by atoms with Gasteiger partial charge >= 0.3 is 0 Å². The van der Waals surface area contributed by atoms with Crippen molar-refractivity contribution in [1.82, 2.24) is 9.88 Å². The summed E-state index contributed by atoms with van der Waals surface area (Å²) in [5.74, 6) is -0.0890. The van der Waals surface area contributed by atoms with Crippen molar-refractivity contribution in [3.63, 3.8) is 0 Å². The molecule has 5 rings (SSSR count). The average molecular weight is 504 g/mol. The summed E-state index contributed by atoms with van der Waals surface area (Å²) in [5, 5.41) is 12.4. The van der Waals surface area contributed by atoms with E-state index < -0.39 is 6.29 Å². The topological polar surface area (TPSA) is 93.2 Å². The Morgan fingerprint density at radius 1 is 1.03 bits per heavy atom. The second kappa shape index (κ2) is 11.9. The van der Waals surface area contributed by atoms with Crippen LogP contribution in [-0.4, -0.2) is 59.8 Å². The quantitative estimate of drug-likeness (QED) is 0.504. The number of rotatable bonds is 7. The number of aromatic nitrogens is 1. The number of carbonyl (C=O) groups excluding carboxylic acids is 1. The molecule has 8 heteroatoms. The van der Waals surface area contributed by atoms with Gasteiger partial charge in [0.25, 0.3) is 5.91 Å². The fourth-order valence-electron chi connectivity index (χ4n) is 4.79. The molecular formula is C29H33N3O5. The third kappa shape index (κ3) is 6.23. The number of carbonyl (C=O) groups is 1. The normalized spacial score (nSPS) is 24.5. The van der Waals surface area contributed by atoms with E-state index in [2.05, 4.69) is 22.1 Å². The molecule has 4 unspecified atom stereocenters. The molecule has 1 amide bonds. The lowest BCUT2D eigenvalue weighted by Gasteiger charge is -2.43. The van der Waals surface area contributed by atoms with E-state index in [0.717, 1.165) is 49.5 Å². The Morgan fingerprint density at radius 2 is 1.76 bits per heavy atom. The molecule has 0 saturated carbocycles. The smallest absolute Gasteiger partial charge is 0.257 e. The minimum absolute atomic E-state index is 0.0103. The van der Waals surface area contributed by atoms with Crippen molar-refractivity contribution in [1.29, 1.82) is 0 Å². The minimum Gasteiger partial charge on any atom is -0.392 e. The number of ether oxygens (including phenoxy) is 3. The number of amides is 1. The molecule has 3 heterocycles. The third-order valence-electron chi connectivity index (χ3n) is 7.03. The van der Waals surface area contributed by atoms with Gasteiger partial charge in [-0.25, -0.2) is 0 Å². The molecule has 8 nitrogen and oxygen atoms in total. The fraction of sp³-hybridized carbons (Fsp3) is 0.379. The fourth-order valence-corrected chi connectivity index (χ4v) is 4.79. The van der Waals surface area contributed by atoms with Crippen molar-refractivity contribution in [2.24, 2.45) is 5.92 Å². The summed E-state index contributed by atoms with van der Waals surface area (Å²) < 4.78 is 18.6. The summed E-state index contributed by atoms with van der Waals surface area (Å²) in [5.41, 5.74) is 4.00. The number of morpholine rings is 1. The molecule has 194 valence electrons. The van der Waals surface area contributed by atoms with Crippen molar-refractivity contribution in [2.75, 3.05) is 38.2 Å². The Kier molecular flexibility index (Phi) is 8.23. The number of anilines is 1. The van der Waals surface area contributed by atoms with Gasteiger partial charge in [0.2, 0.25) is 0 Å². The van der Waals surface area contributed by atoms with Crippen molar-refractivity contribution >= 4 is 11.6 Å². The van der Waals surface area contributed by atoms with Crippen LogP contribution in [0.25, 0.3) is 0 Å². The largest absolute Gasteiger partial charge is 0.392 e. The lowest BCUT2D eigenvalue weighted by Crippen LogP contribution is -2.47. The maximum Gasteiger partial charge on any atom is 0.257 e. The molecule has 2 aliphatic rings. The highest BCUT2D eigenvalue weighted by Gasteiger charge is 2.39. The van der Waals surface area contributed by atoms with E-state index in [1.807, 2.05) is 48.5 Å². The van der Waals surface area contributed by atoms with Crippen LogP contribution in [0.5, 0.6) is 0 Å². The molecule has 2 fully saturated rings. The van der Waals surface area contributed by atoms with Crippen LogP contribution in [-0.2, 0) is 20.8 Å². The monoisotopic (exact) mass is 503 g/mol. The second-order valence-electron chi connectivity index (χ2n) is 9.55. The summed E-state index contributed by atoms with van der Waals surface area (Å²) in [6.45, 7) is 6.23. The molecule has 37 heavy (non-hydrogen) atoms. The Morgan fingerprint density at radius 3 is 2.43 bits per heavy atom. The van der Waals surface area contributed by atoms with E-state index in [1.54, 1.807) is 18.3 Å². The highest BCUT2D eigenvalue weighted by Crippen LogP contribution is 2.42. The van der Waals surface area contributed by atoms with Gasteiger partial charge in [-0.1, -0.05) is 43.3 Å². The molecule has 4 atom stereocenters. The van der Waals surface area contributed by atoms with E-state index in [4.69, 9.17) is 14.2 Å². The molecule has 0 bridgehead atoms. The first kappa shape index (κ1) is 25.5. The molecule has 0 radical (unpaired) electrons. The SMILES string of the molecule is CC1C(CN2CCOCC2)OC(c2ccc(NC(=O)c3cccnc3)cc2)OC1c1ccc(CO)cc1. The number of nitrogens with zero attached hydrogens (tertiary/aromatic N) is 2. The molecule has 1 aromatic heterocycles. The maximum absolute atomic E-state index is 12.5. The highest BCUT2D eigenvalue weighted by atomic mass is 16.7. The number of pyridine rings is 1. The van der Waals surface area contributed by atoms with Crippen LogP contribution in [0.1, 0.15) is 46.4 Å². The Hall–Kier alpha value is -3.14. The van der Waals surface area contributed by atoms with Gasteiger partial charge in [0.05, 0.1) is 37.6 Å². The Bertz CT molecular complexity index is 1150.